The number of nitrogens with one attached hydrogen (secondary N) is 1. The fraction of sp³-hybridized carbons (Fsp3) is 0.538. The van der Waals surface area contributed by atoms with E-state index in [1.807, 2.05) is 6.92 Å². The number of nitrogen functional groups attached to an aromatic ring is 1. The molecule has 1 atom stereocenters. The smallest absolute Gasteiger partial charge is 0.244 e. The van der Waals surface area contributed by atoms with E-state index in [9.17, 15) is 8.42 Å². The van der Waals surface area contributed by atoms with Crippen LogP contribution in [0.25, 0.3) is 0 Å². The zero-order valence-corrected chi connectivity index (χ0v) is 12.8. The lowest BCUT2D eigenvalue weighted by molar-refractivity contribution is 0.270. The van der Waals surface area contributed by atoms with Crippen LogP contribution in [0, 0.1) is 6.92 Å². The summed E-state index contributed by atoms with van der Waals surface area (Å²) in [5.41, 5.74) is 6.92. The van der Waals surface area contributed by atoms with Crippen LogP contribution >= 0.6 is 0 Å². The van der Waals surface area contributed by atoms with E-state index in [2.05, 4.69) is 4.72 Å². The number of hydrogen-bond donors (Lipinski definition) is 3. The lowest BCUT2D eigenvalue weighted by Gasteiger charge is -2.18. The number of anilines is 1. The van der Waals surface area contributed by atoms with Gasteiger partial charge in [-0.2, -0.15) is 0 Å². The molecule has 114 valence electrons. The van der Waals surface area contributed by atoms with Gasteiger partial charge in [-0.05, 0) is 37.5 Å². The number of benzene rings is 1. The second-order valence-corrected chi connectivity index (χ2v) is 6.28. The van der Waals surface area contributed by atoms with Crippen LogP contribution in [0.2, 0.25) is 0 Å². The van der Waals surface area contributed by atoms with Crippen LogP contribution < -0.4 is 15.2 Å². The first-order chi connectivity index (χ1) is 9.35. The third kappa shape index (κ3) is 3.84. The molecule has 0 aliphatic rings. The fourth-order valence-corrected chi connectivity index (χ4v) is 3.37. The molecule has 1 rings (SSSR count). The quantitative estimate of drug-likeness (QED) is 0.653. The standard InChI is InChI=1S/C13H22N2O4S/c1-4-10(5-6-16)15-20(17,18)13-8-11(14)9(2)7-12(13)19-3/h7-8,10,15-16H,4-6,14H2,1-3H3. The highest BCUT2D eigenvalue weighted by molar-refractivity contribution is 7.89. The van der Waals surface area contributed by atoms with Crippen molar-refractivity contribution in [2.24, 2.45) is 0 Å². The van der Waals surface area contributed by atoms with Gasteiger partial charge in [0, 0.05) is 18.3 Å². The monoisotopic (exact) mass is 302 g/mol. The van der Waals surface area contributed by atoms with Crippen LogP contribution in [0.3, 0.4) is 0 Å². The highest BCUT2D eigenvalue weighted by Crippen LogP contribution is 2.29. The predicted molar refractivity (Wildman–Crippen MR) is 78.2 cm³/mol. The summed E-state index contributed by atoms with van der Waals surface area (Å²) < 4.78 is 32.5. The SMILES string of the molecule is CCC(CCO)NS(=O)(=O)c1cc(N)c(C)cc1OC. The average Bonchev–Trinajstić information content (AvgIpc) is 2.40. The largest absolute Gasteiger partial charge is 0.495 e. The van der Waals surface area contributed by atoms with E-state index in [4.69, 9.17) is 15.6 Å². The Morgan fingerprint density at radius 1 is 1.45 bits per heavy atom. The molecule has 4 N–H and O–H groups in total. The van der Waals surface area contributed by atoms with Crippen LogP contribution in [0.1, 0.15) is 25.3 Å². The molecule has 0 bridgehead atoms. The lowest BCUT2D eigenvalue weighted by Crippen LogP contribution is -2.35. The average molecular weight is 302 g/mol. The third-order valence-electron chi connectivity index (χ3n) is 3.13. The van der Waals surface area contributed by atoms with Gasteiger partial charge in [-0.25, -0.2) is 13.1 Å². The Morgan fingerprint density at radius 3 is 2.60 bits per heavy atom. The summed E-state index contributed by atoms with van der Waals surface area (Å²) in [7, 11) is -2.33. The second kappa shape index (κ2) is 6.92. The second-order valence-electron chi connectivity index (χ2n) is 4.60. The van der Waals surface area contributed by atoms with Crippen molar-refractivity contribution in [1.29, 1.82) is 0 Å². The Bertz CT molecular complexity index is 558. The molecule has 0 aliphatic carbocycles. The van der Waals surface area contributed by atoms with Crippen LogP contribution in [0.15, 0.2) is 17.0 Å². The van der Waals surface area contributed by atoms with E-state index in [0.29, 0.717) is 18.5 Å². The molecule has 6 nitrogen and oxygen atoms in total. The van der Waals surface area contributed by atoms with Crippen LogP contribution in [0.4, 0.5) is 5.69 Å². The molecule has 20 heavy (non-hydrogen) atoms. The summed E-state index contributed by atoms with van der Waals surface area (Å²) in [4.78, 5) is 0.0134. The number of aliphatic hydroxyl groups is 1. The Hall–Kier alpha value is -1.31. The summed E-state index contributed by atoms with van der Waals surface area (Å²) in [6, 6.07) is 2.66. The normalized spacial score (nSPS) is 13.2. The van der Waals surface area contributed by atoms with Crippen molar-refractivity contribution in [3.8, 4) is 5.75 Å². The molecule has 0 amide bonds. The lowest BCUT2D eigenvalue weighted by atomic mass is 10.2. The summed E-state index contributed by atoms with van der Waals surface area (Å²) in [6.45, 7) is 3.56. The first-order valence-corrected chi connectivity index (χ1v) is 7.91. The molecule has 1 unspecified atom stereocenters. The maximum absolute atomic E-state index is 12.4. The number of methoxy groups -OCH3 is 1. The van der Waals surface area contributed by atoms with Crippen LogP contribution in [-0.4, -0.2) is 33.3 Å². The molecule has 1 aromatic carbocycles. The van der Waals surface area contributed by atoms with Gasteiger partial charge in [0.1, 0.15) is 10.6 Å². The van der Waals surface area contributed by atoms with Gasteiger partial charge >= 0.3 is 0 Å². The molecular weight excluding hydrogens is 280 g/mol. The molecular formula is C13H22N2O4S. The van der Waals surface area contributed by atoms with Crippen LogP contribution in [0.5, 0.6) is 5.75 Å². The Kier molecular flexibility index (Phi) is 5.79. The summed E-state index contributed by atoms with van der Waals surface area (Å²) in [6.07, 6.45) is 0.947. The number of sulfonamides is 1. The molecule has 0 saturated carbocycles. The Balaban J connectivity index is 3.17. The van der Waals surface area contributed by atoms with Gasteiger partial charge in [-0.1, -0.05) is 6.92 Å². The number of aryl methyl sites for hydroxylation is 1. The van der Waals surface area contributed by atoms with E-state index in [1.165, 1.54) is 13.2 Å². The summed E-state index contributed by atoms with van der Waals surface area (Å²) in [5, 5.41) is 8.94. The van der Waals surface area contributed by atoms with E-state index < -0.39 is 10.0 Å². The minimum absolute atomic E-state index is 0.0134. The molecule has 0 saturated heterocycles. The van der Waals surface area contributed by atoms with Gasteiger partial charge in [0.15, 0.2) is 0 Å². The minimum Gasteiger partial charge on any atom is -0.495 e. The van der Waals surface area contributed by atoms with Crippen molar-refractivity contribution in [2.75, 3.05) is 19.5 Å². The first kappa shape index (κ1) is 16.7. The van der Waals surface area contributed by atoms with E-state index in [0.717, 1.165) is 5.56 Å². The van der Waals surface area contributed by atoms with Crippen molar-refractivity contribution >= 4 is 15.7 Å². The van der Waals surface area contributed by atoms with E-state index in [1.54, 1.807) is 13.0 Å². The van der Waals surface area contributed by atoms with Crippen molar-refractivity contribution in [3.63, 3.8) is 0 Å². The van der Waals surface area contributed by atoms with Crippen LogP contribution in [-0.2, 0) is 10.0 Å². The van der Waals surface area contributed by atoms with E-state index in [-0.39, 0.29) is 23.3 Å². The molecule has 7 heteroatoms. The number of aliphatic hydroxyl groups excluding tert-OH is 1. The van der Waals surface area contributed by atoms with Gasteiger partial charge < -0.3 is 15.6 Å². The highest BCUT2D eigenvalue weighted by Gasteiger charge is 2.23. The Labute approximate surface area is 120 Å². The molecule has 0 radical (unpaired) electrons. The molecule has 0 heterocycles. The maximum Gasteiger partial charge on any atom is 0.244 e. The number of rotatable bonds is 7. The van der Waals surface area contributed by atoms with Gasteiger partial charge in [0.2, 0.25) is 10.0 Å². The molecule has 0 aromatic heterocycles. The van der Waals surface area contributed by atoms with Gasteiger partial charge in [-0.15, -0.1) is 0 Å². The maximum atomic E-state index is 12.4. The van der Waals surface area contributed by atoms with Crippen molar-refractivity contribution in [1.82, 2.24) is 4.72 Å². The molecule has 1 aromatic rings. The summed E-state index contributed by atoms with van der Waals surface area (Å²) in [5.74, 6) is 0.253. The molecule has 0 aliphatic heterocycles. The third-order valence-corrected chi connectivity index (χ3v) is 4.68. The Morgan fingerprint density at radius 2 is 2.10 bits per heavy atom. The summed E-state index contributed by atoms with van der Waals surface area (Å²) >= 11 is 0. The first-order valence-electron chi connectivity index (χ1n) is 6.43. The van der Waals surface area contributed by atoms with E-state index >= 15 is 0 Å². The van der Waals surface area contributed by atoms with Crippen molar-refractivity contribution < 1.29 is 18.3 Å². The number of nitrogens with two attached hydrogens (primary N) is 1. The van der Waals surface area contributed by atoms with Gasteiger partial charge in [0.25, 0.3) is 0 Å². The van der Waals surface area contributed by atoms with Crippen molar-refractivity contribution in [2.45, 2.75) is 37.6 Å². The predicted octanol–water partition coefficient (Wildman–Crippen LogP) is 1.03. The molecule has 0 spiro atoms. The number of hydrogen-bond acceptors (Lipinski definition) is 5. The fourth-order valence-electron chi connectivity index (χ4n) is 1.83. The number of ether oxygens (including phenoxy) is 1. The zero-order chi connectivity index (χ0) is 15.3. The highest BCUT2D eigenvalue weighted by atomic mass is 32.2. The zero-order valence-electron chi connectivity index (χ0n) is 12.0. The topological polar surface area (TPSA) is 102 Å². The van der Waals surface area contributed by atoms with Gasteiger partial charge in [-0.3, -0.25) is 0 Å². The molecule has 0 fully saturated rings. The minimum atomic E-state index is -3.74. The van der Waals surface area contributed by atoms with Crippen molar-refractivity contribution in [3.05, 3.63) is 17.7 Å². The van der Waals surface area contributed by atoms with Gasteiger partial charge in [0.05, 0.1) is 7.11 Å².